The Kier molecular flexibility index (Phi) is 8.94. The van der Waals surface area contributed by atoms with Gasteiger partial charge in [-0.25, -0.2) is 0 Å². The Hall–Kier alpha value is -1.43. The molecule has 7 heteroatoms. The Bertz CT molecular complexity index is 464. The standard InChI is InChI=1S/C15H19F3O3.ClH/c1-2-3-5-11(14(19)20)8-9-21-13-7-4-6-12(10-13)15(16,17)18;/h4,6-7,10-11H,2-3,5,8-9H2,1H3,(H,19,20);1H. The van der Waals surface area contributed by atoms with Gasteiger partial charge in [-0.1, -0.05) is 25.8 Å². The van der Waals surface area contributed by atoms with E-state index in [0.29, 0.717) is 6.42 Å². The summed E-state index contributed by atoms with van der Waals surface area (Å²) in [5.74, 6) is -1.31. The molecule has 0 aliphatic carbocycles. The zero-order valence-corrected chi connectivity index (χ0v) is 13.0. The lowest BCUT2D eigenvalue weighted by atomic mass is 9.99. The molecule has 1 aromatic carbocycles. The predicted molar refractivity (Wildman–Crippen MR) is 79.5 cm³/mol. The zero-order chi connectivity index (χ0) is 15.9. The first kappa shape index (κ1) is 20.6. The summed E-state index contributed by atoms with van der Waals surface area (Å²) in [7, 11) is 0. The number of aliphatic carboxylic acids is 1. The molecule has 126 valence electrons. The highest BCUT2D eigenvalue weighted by Gasteiger charge is 2.30. The third kappa shape index (κ3) is 7.02. The van der Waals surface area contributed by atoms with Crippen molar-refractivity contribution in [2.75, 3.05) is 6.61 Å². The van der Waals surface area contributed by atoms with Gasteiger partial charge < -0.3 is 9.84 Å². The molecule has 0 aliphatic heterocycles. The third-order valence-corrected chi connectivity index (χ3v) is 3.15. The number of hydrogen-bond donors (Lipinski definition) is 1. The quantitative estimate of drug-likeness (QED) is 0.740. The van der Waals surface area contributed by atoms with Crippen molar-refractivity contribution in [2.45, 2.75) is 38.8 Å². The number of carboxylic acids is 1. The smallest absolute Gasteiger partial charge is 0.416 e. The van der Waals surface area contributed by atoms with E-state index >= 15 is 0 Å². The minimum absolute atomic E-state index is 0. The van der Waals surface area contributed by atoms with Gasteiger partial charge in [0.2, 0.25) is 0 Å². The van der Waals surface area contributed by atoms with Crippen LogP contribution < -0.4 is 4.74 Å². The van der Waals surface area contributed by atoms with Crippen LogP contribution in [0.3, 0.4) is 0 Å². The monoisotopic (exact) mass is 340 g/mol. The van der Waals surface area contributed by atoms with Crippen molar-refractivity contribution in [2.24, 2.45) is 5.92 Å². The molecule has 0 aromatic heterocycles. The number of unbranched alkanes of at least 4 members (excludes halogenated alkanes) is 1. The maximum atomic E-state index is 12.5. The molecule has 1 rings (SSSR count). The second-order valence-corrected chi connectivity index (χ2v) is 4.84. The van der Waals surface area contributed by atoms with E-state index in [0.717, 1.165) is 25.0 Å². The first-order valence-corrected chi connectivity index (χ1v) is 6.87. The van der Waals surface area contributed by atoms with E-state index in [1.54, 1.807) is 0 Å². The van der Waals surface area contributed by atoms with E-state index in [-0.39, 0.29) is 31.2 Å². The second kappa shape index (κ2) is 9.56. The maximum absolute atomic E-state index is 12.5. The number of carbonyl (C=O) groups is 1. The number of carboxylic acid groups (broad SMARTS) is 1. The maximum Gasteiger partial charge on any atom is 0.416 e. The van der Waals surface area contributed by atoms with Crippen LogP contribution in [0.15, 0.2) is 24.3 Å². The Morgan fingerprint density at radius 1 is 1.32 bits per heavy atom. The molecule has 0 radical (unpaired) electrons. The van der Waals surface area contributed by atoms with E-state index in [1.807, 2.05) is 6.92 Å². The summed E-state index contributed by atoms with van der Waals surface area (Å²) in [6.07, 6.45) is -1.87. The lowest BCUT2D eigenvalue weighted by Gasteiger charge is -2.13. The summed E-state index contributed by atoms with van der Waals surface area (Å²) in [6, 6.07) is 4.58. The molecule has 0 bridgehead atoms. The second-order valence-electron chi connectivity index (χ2n) is 4.84. The van der Waals surface area contributed by atoms with Gasteiger partial charge in [0.15, 0.2) is 0 Å². The number of halogens is 4. The molecule has 22 heavy (non-hydrogen) atoms. The normalized spacial score (nSPS) is 12.4. The Labute approximate surface area is 133 Å². The van der Waals surface area contributed by atoms with E-state index in [4.69, 9.17) is 9.84 Å². The molecule has 1 N–H and O–H groups in total. The number of hydrogen-bond acceptors (Lipinski definition) is 2. The molecular formula is C15H20ClF3O3. The molecular weight excluding hydrogens is 321 g/mol. The van der Waals surface area contributed by atoms with Crippen molar-refractivity contribution < 1.29 is 27.8 Å². The molecule has 0 amide bonds. The highest BCUT2D eigenvalue weighted by Crippen LogP contribution is 2.31. The minimum Gasteiger partial charge on any atom is -0.494 e. The number of ether oxygens (including phenoxy) is 1. The molecule has 0 saturated heterocycles. The number of benzene rings is 1. The van der Waals surface area contributed by atoms with Gasteiger partial charge in [-0.3, -0.25) is 4.79 Å². The summed E-state index contributed by atoms with van der Waals surface area (Å²) in [5, 5.41) is 9.04. The van der Waals surface area contributed by atoms with Gasteiger partial charge in [0, 0.05) is 0 Å². The lowest BCUT2D eigenvalue weighted by Crippen LogP contribution is -2.17. The first-order valence-electron chi connectivity index (χ1n) is 6.87. The van der Waals surface area contributed by atoms with Crippen molar-refractivity contribution in [1.29, 1.82) is 0 Å². The summed E-state index contributed by atoms with van der Waals surface area (Å²) in [6.45, 7) is 2.06. The average molecular weight is 341 g/mol. The van der Waals surface area contributed by atoms with Crippen LogP contribution in [0.25, 0.3) is 0 Å². The van der Waals surface area contributed by atoms with Crippen molar-refractivity contribution in [3.05, 3.63) is 29.8 Å². The fraction of sp³-hybridized carbons (Fsp3) is 0.533. The van der Waals surface area contributed by atoms with E-state index in [1.165, 1.54) is 12.1 Å². The van der Waals surface area contributed by atoms with Crippen molar-refractivity contribution >= 4 is 18.4 Å². The largest absolute Gasteiger partial charge is 0.494 e. The van der Waals surface area contributed by atoms with E-state index in [2.05, 4.69) is 0 Å². The van der Waals surface area contributed by atoms with Crippen LogP contribution >= 0.6 is 12.4 Å². The lowest BCUT2D eigenvalue weighted by molar-refractivity contribution is -0.142. The molecule has 0 saturated carbocycles. The SMILES string of the molecule is CCCCC(CCOc1cccc(C(F)(F)F)c1)C(=O)O.Cl. The van der Waals surface area contributed by atoms with Gasteiger partial charge >= 0.3 is 12.1 Å². The summed E-state index contributed by atoms with van der Waals surface area (Å²) in [5.41, 5.74) is -0.777. The molecule has 0 heterocycles. The van der Waals surface area contributed by atoms with Gasteiger partial charge in [-0.15, -0.1) is 12.4 Å². The fourth-order valence-corrected chi connectivity index (χ4v) is 1.92. The Morgan fingerprint density at radius 3 is 2.55 bits per heavy atom. The fourth-order valence-electron chi connectivity index (χ4n) is 1.92. The van der Waals surface area contributed by atoms with Crippen molar-refractivity contribution in [3.8, 4) is 5.75 Å². The van der Waals surface area contributed by atoms with Crippen LogP contribution in [-0.2, 0) is 11.0 Å². The summed E-state index contributed by atoms with van der Waals surface area (Å²) in [4.78, 5) is 11.0. The van der Waals surface area contributed by atoms with Crippen LogP contribution in [-0.4, -0.2) is 17.7 Å². The van der Waals surface area contributed by atoms with Crippen molar-refractivity contribution in [1.82, 2.24) is 0 Å². The Morgan fingerprint density at radius 2 is 2.00 bits per heavy atom. The van der Waals surface area contributed by atoms with Crippen LogP contribution in [0.2, 0.25) is 0 Å². The first-order chi connectivity index (χ1) is 9.84. The van der Waals surface area contributed by atoms with Gasteiger partial charge in [0.25, 0.3) is 0 Å². The Balaban J connectivity index is 0.00000441. The van der Waals surface area contributed by atoms with E-state index < -0.39 is 23.6 Å². The summed E-state index contributed by atoms with van der Waals surface area (Å²) < 4.78 is 42.8. The minimum atomic E-state index is -4.41. The molecule has 0 aliphatic rings. The van der Waals surface area contributed by atoms with Crippen LogP contribution in [0.5, 0.6) is 5.75 Å². The topological polar surface area (TPSA) is 46.5 Å². The molecule has 1 unspecified atom stereocenters. The van der Waals surface area contributed by atoms with E-state index in [9.17, 15) is 18.0 Å². The molecule has 1 atom stereocenters. The highest BCUT2D eigenvalue weighted by atomic mass is 35.5. The van der Waals surface area contributed by atoms with Crippen LogP contribution in [0, 0.1) is 5.92 Å². The van der Waals surface area contributed by atoms with Gasteiger partial charge in [0.1, 0.15) is 5.75 Å². The highest BCUT2D eigenvalue weighted by molar-refractivity contribution is 5.85. The number of alkyl halides is 3. The average Bonchev–Trinajstić information content (AvgIpc) is 2.41. The summed E-state index contributed by atoms with van der Waals surface area (Å²) >= 11 is 0. The molecule has 0 fully saturated rings. The zero-order valence-electron chi connectivity index (χ0n) is 12.2. The van der Waals surface area contributed by atoms with Crippen LogP contribution in [0.1, 0.15) is 38.2 Å². The number of rotatable bonds is 8. The third-order valence-electron chi connectivity index (χ3n) is 3.15. The molecule has 1 aromatic rings. The van der Waals surface area contributed by atoms with Gasteiger partial charge in [0.05, 0.1) is 18.1 Å². The van der Waals surface area contributed by atoms with Gasteiger partial charge in [-0.2, -0.15) is 13.2 Å². The molecule has 3 nitrogen and oxygen atoms in total. The van der Waals surface area contributed by atoms with Crippen molar-refractivity contribution in [3.63, 3.8) is 0 Å². The molecule has 0 spiro atoms. The predicted octanol–water partition coefficient (Wildman–Crippen LogP) is 4.79. The van der Waals surface area contributed by atoms with Crippen LogP contribution in [0.4, 0.5) is 13.2 Å². The van der Waals surface area contributed by atoms with Gasteiger partial charge in [-0.05, 0) is 31.0 Å².